The molecule has 0 fully saturated rings. The minimum atomic E-state index is -0.834. The molecular formula is C8H13N3O2. The third-order valence-corrected chi connectivity index (χ3v) is 1.74. The van der Waals surface area contributed by atoms with Crippen LogP contribution in [0.3, 0.4) is 0 Å². The van der Waals surface area contributed by atoms with E-state index in [0.717, 1.165) is 5.82 Å². The standard InChI is InChI=1S/C8H13N3O2/c1-6(8(12)13)9-3-2-7-10-4-5-11-7/h4-6,9H,2-3H2,1H3,(H,10,11)(H,12,13). The summed E-state index contributed by atoms with van der Waals surface area (Å²) in [5.74, 6) is 0.0320. The van der Waals surface area contributed by atoms with Gasteiger partial charge in [-0.15, -0.1) is 0 Å². The summed E-state index contributed by atoms with van der Waals surface area (Å²) < 4.78 is 0. The predicted molar refractivity (Wildman–Crippen MR) is 47.4 cm³/mol. The molecule has 5 heteroatoms. The van der Waals surface area contributed by atoms with Crippen LogP contribution in [0.4, 0.5) is 0 Å². The lowest BCUT2D eigenvalue weighted by Crippen LogP contribution is -2.35. The Morgan fingerprint density at radius 1 is 1.85 bits per heavy atom. The molecule has 1 atom stereocenters. The second-order valence-corrected chi connectivity index (χ2v) is 2.80. The van der Waals surface area contributed by atoms with Gasteiger partial charge in [0.25, 0.3) is 0 Å². The molecule has 0 aliphatic rings. The van der Waals surface area contributed by atoms with Crippen LogP contribution in [0.25, 0.3) is 0 Å². The number of nitrogens with one attached hydrogen (secondary N) is 2. The maximum Gasteiger partial charge on any atom is 0.320 e. The number of rotatable bonds is 5. The van der Waals surface area contributed by atoms with E-state index in [0.29, 0.717) is 13.0 Å². The molecule has 0 saturated heterocycles. The van der Waals surface area contributed by atoms with Gasteiger partial charge in [-0.1, -0.05) is 0 Å². The fraction of sp³-hybridized carbons (Fsp3) is 0.500. The van der Waals surface area contributed by atoms with Crippen molar-refractivity contribution in [3.05, 3.63) is 18.2 Å². The first-order chi connectivity index (χ1) is 6.20. The van der Waals surface area contributed by atoms with Gasteiger partial charge >= 0.3 is 5.97 Å². The minimum Gasteiger partial charge on any atom is -0.480 e. The summed E-state index contributed by atoms with van der Waals surface area (Å²) in [4.78, 5) is 17.4. The van der Waals surface area contributed by atoms with Gasteiger partial charge in [-0.2, -0.15) is 0 Å². The Hall–Kier alpha value is -1.36. The molecule has 0 amide bonds. The number of carboxylic acids is 1. The van der Waals surface area contributed by atoms with Gasteiger partial charge in [0.05, 0.1) is 0 Å². The molecule has 0 aliphatic heterocycles. The number of carboxylic acid groups (broad SMARTS) is 1. The summed E-state index contributed by atoms with van der Waals surface area (Å²) in [6, 6.07) is -0.505. The van der Waals surface area contributed by atoms with Crippen molar-refractivity contribution >= 4 is 5.97 Å². The second-order valence-electron chi connectivity index (χ2n) is 2.80. The third kappa shape index (κ3) is 3.25. The second kappa shape index (κ2) is 4.61. The Bertz CT molecular complexity index is 258. The van der Waals surface area contributed by atoms with E-state index in [1.54, 1.807) is 19.3 Å². The molecule has 0 spiro atoms. The van der Waals surface area contributed by atoms with Crippen molar-refractivity contribution < 1.29 is 9.90 Å². The fourth-order valence-electron chi connectivity index (χ4n) is 0.929. The number of H-pyrrole nitrogens is 1. The maximum absolute atomic E-state index is 10.4. The largest absolute Gasteiger partial charge is 0.480 e. The van der Waals surface area contributed by atoms with Gasteiger partial charge in [0, 0.05) is 25.4 Å². The number of nitrogens with zero attached hydrogens (tertiary/aromatic N) is 1. The van der Waals surface area contributed by atoms with E-state index in [9.17, 15) is 4.79 Å². The zero-order chi connectivity index (χ0) is 9.68. The maximum atomic E-state index is 10.4. The zero-order valence-electron chi connectivity index (χ0n) is 7.45. The van der Waals surface area contributed by atoms with Crippen LogP contribution in [0.1, 0.15) is 12.7 Å². The molecule has 1 heterocycles. The van der Waals surface area contributed by atoms with Crippen molar-refractivity contribution in [2.45, 2.75) is 19.4 Å². The Morgan fingerprint density at radius 3 is 3.15 bits per heavy atom. The van der Waals surface area contributed by atoms with Crippen molar-refractivity contribution in [1.82, 2.24) is 15.3 Å². The van der Waals surface area contributed by atoms with E-state index in [2.05, 4.69) is 15.3 Å². The molecule has 1 unspecified atom stereocenters. The Morgan fingerprint density at radius 2 is 2.62 bits per heavy atom. The normalized spacial score (nSPS) is 12.7. The average molecular weight is 183 g/mol. The summed E-state index contributed by atoms with van der Waals surface area (Å²) in [5, 5.41) is 11.4. The SMILES string of the molecule is CC(NCCc1ncc[nH]1)C(=O)O. The highest BCUT2D eigenvalue weighted by Crippen LogP contribution is 1.89. The first-order valence-electron chi connectivity index (χ1n) is 4.14. The highest BCUT2D eigenvalue weighted by atomic mass is 16.4. The van der Waals surface area contributed by atoms with Crippen LogP contribution in [-0.4, -0.2) is 33.6 Å². The number of imidazole rings is 1. The summed E-state index contributed by atoms with van der Waals surface area (Å²) in [6.07, 6.45) is 4.14. The number of hydrogen-bond donors (Lipinski definition) is 3. The summed E-state index contributed by atoms with van der Waals surface area (Å²) in [5.41, 5.74) is 0. The van der Waals surface area contributed by atoms with Crippen LogP contribution in [0.2, 0.25) is 0 Å². The van der Waals surface area contributed by atoms with E-state index in [4.69, 9.17) is 5.11 Å². The van der Waals surface area contributed by atoms with E-state index < -0.39 is 12.0 Å². The highest BCUT2D eigenvalue weighted by molar-refractivity contribution is 5.72. The van der Waals surface area contributed by atoms with Crippen molar-refractivity contribution in [3.8, 4) is 0 Å². The van der Waals surface area contributed by atoms with E-state index in [1.807, 2.05) is 0 Å². The molecule has 3 N–H and O–H groups in total. The smallest absolute Gasteiger partial charge is 0.320 e. The van der Waals surface area contributed by atoms with Crippen LogP contribution >= 0.6 is 0 Å². The van der Waals surface area contributed by atoms with Gasteiger partial charge < -0.3 is 15.4 Å². The van der Waals surface area contributed by atoms with Gasteiger partial charge in [0.1, 0.15) is 11.9 Å². The Balaban J connectivity index is 2.18. The Kier molecular flexibility index (Phi) is 3.45. The van der Waals surface area contributed by atoms with Gasteiger partial charge in [0.2, 0.25) is 0 Å². The van der Waals surface area contributed by atoms with Crippen molar-refractivity contribution in [2.75, 3.05) is 6.54 Å². The molecule has 0 radical (unpaired) electrons. The lowest BCUT2D eigenvalue weighted by atomic mass is 10.3. The van der Waals surface area contributed by atoms with Crippen LogP contribution < -0.4 is 5.32 Å². The van der Waals surface area contributed by atoms with Gasteiger partial charge in [0.15, 0.2) is 0 Å². The fourth-order valence-corrected chi connectivity index (χ4v) is 0.929. The van der Waals surface area contributed by atoms with Crippen LogP contribution in [-0.2, 0) is 11.2 Å². The third-order valence-electron chi connectivity index (χ3n) is 1.74. The quantitative estimate of drug-likeness (QED) is 0.601. The number of aromatic amines is 1. The lowest BCUT2D eigenvalue weighted by molar-refractivity contribution is -0.138. The van der Waals surface area contributed by atoms with E-state index >= 15 is 0 Å². The predicted octanol–water partition coefficient (Wildman–Crippen LogP) is 0.0149. The zero-order valence-corrected chi connectivity index (χ0v) is 7.45. The molecule has 1 rings (SSSR count). The monoisotopic (exact) mass is 183 g/mol. The average Bonchev–Trinajstić information content (AvgIpc) is 2.56. The number of hydrogen-bond acceptors (Lipinski definition) is 3. The summed E-state index contributed by atoms with van der Waals surface area (Å²) in [7, 11) is 0. The molecule has 0 aromatic carbocycles. The molecule has 1 aromatic heterocycles. The molecule has 72 valence electrons. The van der Waals surface area contributed by atoms with Crippen LogP contribution in [0.15, 0.2) is 12.4 Å². The minimum absolute atomic E-state index is 0.505. The van der Waals surface area contributed by atoms with Crippen LogP contribution in [0.5, 0.6) is 0 Å². The summed E-state index contributed by atoms with van der Waals surface area (Å²) in [6.45, 7) is 2.23. The summed E-state index contributed by atoms with van der Waals surface area (Å²) >= 11 is 0. The molecular weight excluding hydrogens is 170 g/mol. The number of aliphatic carboxylic acids is 1. The van der Waals surface area contributed by atoms with Gasteiger partial charge in [-0.3, -0.25) is 4.79 Å². The van der Waals surface area contributed by atoms with Crippen molar-refractivity contribution in [1.29, 1.82) is 0 Å². The van der Waals surface area contributed by atoms with Crippen molar-refractivity contribution in [2.24, 2.45) is 0 Å². The first kappa shape index (κ1) is 9.73. The van der Waals surface area contributed by atoms with E-state index in [1.165, 1.54) is 0 Å². The molecule has 5 nitrogen and oxygen atoms in total. The number of aromatic nitrogens is 2. The molecule has 1 aromatic rings. The molecule has 0 bridgehead atoms. The van der Waals surface area contributed by atoms with E-state index in [-0.39, 0.29) is 0 Å². The highest BCUT2D eigenvalue weighted by Gasteiger charge is 2.08. The van der Waals surface area contributed by atoms with Gasteiger partial charge in [-0.25, -0.2) is 4.98 Å². The molecule has 13 heavy (non-hydrogen) atoms. The Labute approximate surface area is 76.2 Å². The molecule has 0 aliphatic carbocycles. The number of carbonyl (C=O) groups is 1. The van der Waals surface area contributed by atoms with Gasteiger partial charge in [-0.05, 0) is 6.92 Å². The van der Waals surface area contributed by atoms with Crippen molar-refractivity contribution in [3.63, 3.8) is 0 Å². The molecule has 0 saturated carbocycles. The lowest BCUT2D eigenvalue weighted by Gasteiger charge is -2.07. The first-order valence-corrected chi connectivity index (χ1v) is 4.14. The van der Waals surface area contributed by atoms with Crippen LogP contribution in [0, 0.1) is 0 Å². The topological polar surface area (TPSA) is 78.0 Å².